The van der Waals surface area contributed by atoms with Gasteiger partial charge in [-0.15, -0.1) is 6.42 Å². The molecule has 0 saturated carbocycles. The van der Waals surface area contributed by atoms with Gasteiger partial charge in [-0.2, -0.15) is 0 Å². The van der Waals surface area contributed by atoms with Crippen molar-refractivity contribution in [3.8, 4) is 12.3 Å². The molecule has 1 unspecified atom stereocenters. The van der Waals surface area contributed by atoms with E-state index in [1.54, 1.807) is 0 Å². The van der Waals surface area contributed by atoms with Crippen LogP contribution in [0.4, 0.5) is 0 Å². The van der Waals surface area contributed by atoms with Crippen molar-refractivity contribution in [1.82, 2.24) is 0 Å². The van der Waals surface area contributed by atoms with Crippen molar-refractivity contribution in [3.63, 3.8) is 0 Å². The van der Waals surface area contributed by atoms with E-state index in [1.165, 1.54) is 25.7 Å². The van der Waals surface area contributed by atoms with E-state index in [9.17, 15) is 0 Å². The molecule has 0 fully saturated rings. The quantitative estimate of drug-likeness (QED) is 0.464. The molecule has 0 aliphatic carbocycles. The Morgan fingerprint density at radius 2 is 1.86 bits per heavy atom. The zero-order chi connectivity index (χ0) is 11.0. The number of hydrogen-bond donors (Lipinski definition) is 0. The highest BCUT2D eigenvalue weighted by atomic mass is 16.5. The highest BCUT2D eigenvalue weighted by Crippen LogP contribution is 2.15. The molecule has 0 bridgehead atoms. The minimum Gasteiger partial charge on any atom is -0.360 e. The number of unbranched alkanes of at least 4 members (excludes halogenated alkanes) is 3. The van der Waals surface area contributed by atoms with Crippen LogP contribution in [0, 0.1) is 12.3 Å². The van der Waals surface area contributed by atoms with Crippen LogP contribution in [0.5, 0.6) is 0 Å². The lowest BCUT2D eigenvalue weighted by Gasteiger charge is -2.24. The summed E-state index contributed by atoms with van der Waals surface area (Å²) in [5.41, 5.74) is -0.123. The van der Waals surface area contributed by atoms with Gasteiger partial charge in [0, 0.05) is 0 Å². The highest BCUT2D eigenvalue weighted by molar-refractivity contribution is 4.95. The van der Waals surface area contributed by atoms with Crippen LogP contribution >= 0.6 is 0 Å². The molecule has 0 aromatic carbocycles. The zero-order valence-corrected chi connectivity index (χ0v) is 10.1. The number of terminal acetylenes is 1. The molecule has 0 amide bonds. The fourth-order valence-corrected chi connectivity index (χ4v) is 1.36. The third-order valence-corrected chi connectivity index (χ3v) is 2.00. The lowest BCUT2D eigenvalue weighted by molar-refractivity contribution is -0.0373. The van der Waals surface area contributed by atoms with Crippen LogP contribution in [0.15, 0.2) is 0 Å². The Morgan fingerprint density at radius 1 is 1.21 bits per heavy atom. The van der Waals surface area contributed by atoms with Crippen molar-refractivity contribution < 1.29 is 4.74 Å². The number of ether oxygens (including phenoxy) is 1. The van der Waals surface area contributed by atoms with Crippen LogP contribution in [0.1, 0.15) is 59.8 Å². The van der Waals surface area contributed by atoms with Crippen molar-refractivity contribution in [3.05, 3.63) is 0 Å². The summed E-state index contributed by atoms with van der Waals surface area (Å²) < 4.78 is 5.73. The van der Waals surface area contributed by atoms with Gasteiger partial charge in [-0.25, -0.2) is 0 Å². The molecule has 1 heteroatoms. The predicted molar refractivity (Wildman–Crippen MR) is 62.2 cm³/mol. The van der Waals surface area contributed by atoms with Gasteiger partial charge in [-0.1, -0.05) is 32.1 Å². The van der Waals surface area contributed by atoms with E-state index >= 15 is 0 Å². The molecule has 0 N–H and O–H groups in total. The van der Waals surface area contributed by atoms with Crippen LogP contribution in [-0.2, 0) is 4.74 Å². The maximum atomic E-state index is 5.73. The van der Waals surface area contributed by atoms with Crippen LogP contribution in [0.3, 0.4) is 0 Å². The normalized spacial score (nSPS) is 13.6. The molecule has 0 heterocycles. The second kappa shape index (κ2) is 6.90. The molecule has 0 spiro atoms. The monoisotopic (exact) mass is 196 g/mol. The molecular weight excluding hydrogens is 172 g/mol. The molecule has 14 heavy (non-hydrogen) atoms. The molecule has 1 atom stereocenters. The summed E-state index contributed by atoms with van der Waals surface area (Å²) >= 11 is 0. The summed E-state index contributed by atoms with van der Waals surface area (Å²) in [7, 11) is 0. The van der Waals surface area contributed by atoms with E-state index in [0.29, 0.717) is 0 Å². The Kier molecular flexibility index (Phi) is 6.66. The van der Waals surface area contributed by atoms with E-state index in [1.807, 2.05) is 20.8 Å². The topological polar surface area (TPSA) is 9.23 Å². The first-order chi connectivity index (χ1) is 6.49. The molecule has 0 rings (SSSR count). The Balaban J connectivity index is 3.66. The zero-order valence-electron chi connectivity index (χ0n) is 10.1. The van der Waals surface area contributed by atoms with Crippen LogP contribution in [-0.4, -0.2) is 11.7 Å². The first-order valence-corrected chi connectivity index (χ1v) is 5.63. The van der Waals surface area contributed by atoms with Gasteiger partial charge in [0.05, 0.1) is 5.60 Å². The Hall–Kier alpha value is -0.480. The van der Waals surface area contributed by atoms with Crippen molar-refractivity contribution in [2.75, 3.05) is 0 Å². The van der Waals surface area contributed by atoms with Gasteiger partial charge in [-0.3, -0.25) is 0 Å². The molecule has 0 aliphatic heterocycles. The van der Waals surface area contributed by atoms with Crippen LogP contribution in [0.25, 0.3) is 0 Å². The number of rotatable bonds is 6. The van der Waals surface area contributed by atoms with Gasteiger partial charge in [0.1, 0.15) is 6.10 Å². The van der Waals surface area contributed by atoms with Crippen molar-refractivity contribution in [2.45, 2.75) is 71.5 Å². The van der Waals surface area contributed by atoms with E-state index in [2.05, 4.69) is 12.8 Å². The van der Waals surface area contributed by atoms with Gasteiger partial charge in [0.25, 0.3) is 0 Å². The lowest BCUT2D eigenvalue weighted by atomic mass is 10.1. The van der Waals surface area contributed by atoms with Gasteiger partial charge < -0.3 is 4.74 Å². The van der Waals surface area contributed by atoms with Gasteiger partial charge in [0.2, 0.25) is 0 Å². The van der Waals surface area contributed by atoms with Crippen molar-refractivity contribution in [1.29, 1.82) is 0 Å². The molecular formula is C13H24O. The second-order valence-corrected chi connectivity index (χ2v) is 4.73. The summed E-state index contributed by atoms with van der Waals surface area (Å²) in [5.74, 6) is 2.71. The maximum absolute atomic E-state index is 5.73. The van der Waals surface area contributed by atoms with E-state index < -0.39 is 0 Å². The molecule has 82 valence electrons. The Bertz CT molecular complexity index is 171. The maximum Gasteiger partial charge on any atom is 0.118 e. The number of hydrogen-bond acceptors (Lipinski definition) is 1. The Morgan fingerprint density at radius 3 is 2.29 bits per heavy atom. The third kappa shape index (κ3) is 8.13. The summed E-state index contributed by atoms with van der Waals surface area (Å²) in [5, 5.41) is 0. The fourth-order valence-electron chi connectivity index (χ4n) is 1.36. The first-order valence-electron chi connectivity index (χ1n) is 5.63. The summed E-state index contributed by atoms with van der Waals surface area (Å²) in [6.07, 6.45) is 11.4. The molecule has 1 nitrogen and oxygen atoms in total. The molecule has 0 saturated heterocycles. The first kappa shape index (κ1) is 13.5. The molecule has 0 aromatic heterocycles. The van der Waals surface area contributed by atoms with Crippen LogP contribution < -0.4 is 0 Å². The molecule has 0 aromatic rings. The molecule has 0 aliphatic rings. The SMILES string of the molecule is C#CC(CCCCCC)OC(C)(C)C. The van der Waals surface area contributed by atoms with Crippen molar-refractivity contribution >= 4 is 0 Å². The van der Waals surface area contributed by atoms with E-state index in [0.717, 1.165) is 6.42 Å². The van der Waals surface area contributed by atoms with Gasteiger partial charge in [0.15, 0.2) is 0 Å². The second-order valence-electron chi connectivity index (χ2n) is 4.73. The largest absolute Gasteiger partial charge is 0.360 e. The highest BCUT2D eigenvalue weighted by Gasteiger charge is 2.16. The minimum atomic E-state index is -0.123. The standard InChI is InChI=1S/C13H24O/c1-6-8-9-10-11-12(7-2)14-13(3,4)5/h2,12H,6,8-11H2,1,3-5H3. The third-order valence-electron chi connectivity index (χ3n) is 2.00. The summed E-state index contributed by atoms with van der Waals surface area (Å²) in [6.45, 7) is 8.35. The summed E-state index contributed by atoms with van der Waals surface area (Å²) in [4.78, 5) is 0. The average molecular weight is 196 g/mol. The summed E-state index contributed by atoms with van der Waals surface area (Å²) in [6, 6.07) is 0. The average Bonchev–Trinajstić information content (AvgIpc) is 2.08. The fraction of sp³-hybridized carbons (Fsp3) is 0.846. The smallest absolute Gasteiger partial charge is 0.118 e. The predicted octanol–water partition coefficient (Wildman–Crippen LogP) is 3.77. The van der Waals surface area contributed by atoms with E-state index in [4.69, 9.17) is 11.2 Å². The Labute approximate surface area is 89.2 Å². The van der Waals surface area contributed by atoms with Gasteiger partial charge >= 0.3 is 0 Å². The van der Waals surface area contributed by atoms with E-state index in [-0.39, 0.29) is 11.7 Å². The molecule has 0 radical (unpaired) electrons. The van der Waals surface area contributed by atoms with Crippen LogP contribution in [0.2, 0.25) is 0 Å². The van der Waals surface area contributed by atoms with Crippen molar-refractivity contribution in [2.24, 2.45) is 0 Å². The minimum absolute atomic E-state index is 0.00754. The van der Waals surface area contributed by atoms with Gasteiger partial charge in [-0.05, 0) is 33.6 Å². The lowest BCUT2D eigenvalue weighted by Crippen LogP contribution is -2.26.